The third kappa shape index (κ3) is 1.82. The first-order chi connectivity index (χ1) is 8.74. The van der Waals surface area contributed by atoms with E-state index in [0.29, 0.717) is 30.3 Å². The predicted octanol–water partition coefficient (Wildman–Crippen LogP) is 0.822. The van der Waals surface area contributed by atoms with E-state index in [1.54, 1.807) is 24.3 Å². The Labute approximate surface area is 103 Å². The molecule has 0 spiro atoms. The van der Waals surface area contributed by atoms with Crippen LogP contribution < -0.4 is 16.2 Å². The highest BCUT2D eigenvalue weighted by Gasteiger charge is 2.16. The third-order valence-corrected chi connectivity index (χ3v) is 2.85. The summed E-state index contributed by atoms with van der Waals surface area (Å²) >= 11 is 0. The van der Waals surface area contributed by atoms with E-state index in [4.69, 9.17) is 0 Å². The lowest BCUT2D eigenvalue weighted by Crippen LogP contribution is -2.16. The Hall–Kier alpha value is -2.34. The maximum Gasteiger partial charge on any atom is 0.257 e. The highest BCUT2D eigenvalue weighted by Crippen LogP contribution is 2.24. The number of para-hydroxylation sites is 2. The van der Waals surface area contributed by atoms with E-state index in [1.807, 2.05) is 0 Å². The summed E-state index contributed by atoms with van der Waals surface area (Å²) in [5, 5.41) is 15.6. The van der Waals surface area contributed by atoms with Crippen molar-refractivity contribution < 1.29 is 5.11 Å². The molecule has 1 aliphatic heterocycles. The van der Waals surface area contributed by atoms with Gasteiger partial charge in [0.15, 0.2) is 0 Å². The fourth-order valence-corrected chi connectivity index (χ4v) is 1.94. The molecule has 0 bridgehead atoms. The van der Waals surface area contributed by atoms with Gasteiger partial charge in [-0.1, -0.05) is 12.1 Å². The van der Waals surface area contributed by atoms with Gasteiger partial charge in [-0.25, -0.2) is 4.98 Å². The molecule has 0 unspecified atom stereocenters. The van der Waals surface area contributed by atoms with Crippen molar-refractivity contribution in [3.05, 3.63) is 45.9 Å². The number of nitrogens with zero attached hydrogens (tertiary/aromatic N) is 1. The van der Waals surface area contributed by atoms with Crippen molar-refractivity contribution in [2.45, 2.75) is 13.1 Å². The SMILES string of the molecule is O=c1[nH]c(Nc2ccccc2O)nc2c1CNC2. The van der Waals surface area contributed by atoms with E-state index in [0.717, 1.165) is 5.69 Å². The highest BCUT2D eigenvalue weighted by molar-refractivity contribution is 5.61. The standard InChI is InChI=1S/C12H12N4O2/c17-10-4-2-1-3-8(10)14-12-15-9-6-13-5-7(9)11(18)16-12/h1-4,13,17H,5-6H2,(H2,14,15,16,18). The average molecular weight is 244 g/mol. The van der Waals surface area contributed by atoms with Crippen LogP contribution in [0, 0.1) is 0 Å². The maximum atomic E-state index is 11.8. The summed E-state index contributed by atoms with van der Waals surface area (Å²) in [5.74, 6) is 0.447. The predicted molar refractivity (Wildman–Crippen MR) is 66.8 cm³/mol. The number of rotatable bonds is 2. The van der Waals surface area contributed by atoms with E-state index < -0.39 is 0 Å². The first-order valence-corrected chi connectivity index (χ1v) is 5.62. The second-order valence-electron chi connectivity index (χ2n) is 4.09. The smallest absolute Gasteiger partial charge is 0.257 e. The molecule has 0 amide bonds. The van der Waals surface area contributed by atoms with Crippen LogP contribution in [0.1, 0.15) is 11.3 Å². The monoisotopic (exact) mass is 244 g/mol. The summed E-state index contributed by atoms with van der Waals surface area (Å²) in [6, 6.07) is 6.79. The van der Waals surface area contributed by atoms with Crippen molar-refractivity contribution in [3.63, 3.8) is 0 Å². The van der Waals surface area contributed by atoms with Gasteiger partial charge in [-0.2, -0.15) is 0 Å². The second-order valence-corrected chi connectivity index (χ2v) is 4.09. The zero-order valence-electron chi connectivity index (χ0n) is 9.53. The first kappa shape index (κ1) is 10.8. The van der Waals surface area contributed by atoms with Gasteiger partial charge in [0.05, 0.1) is 16.9 Å². The molecule has 6 heteroatoms. The van der Waals surface area contributed by atoms with Crippen LogP contribution in [0.2, 0.25) is 0 Å². The van der Waals surface area contributed by atoms with Crippen LogP contribution in [-0.4, -0.2) is 15.1 Å². The van der Waals surface area contributed by atoms with Gasteiger partial charge >= 0.3 is 0 Å². The van der Waals surface area contributed by atoms with E-state index in [-0.39, 0.29) is 11.3 Å². The number of phenols is 1. The van der Waals surface area contributed by atoms with Crippen molar-refractivity contribution in [1.29, 1.82) is 0 Å². The summed E-state index contributed by atoms with van der Waals surface area (Å²) in [6.07, 6.45) is 0. The number of fused-ring (bicyclic) bond motifs is 1. The Bertz CT molecular complexity index is 651. The Kier molecular flexibility index (Phi) is 2.49. The van der Waals surface area contributed by atoms with Crippen LogP contribution in [0.15, 0.2) is 29.1 Å². The molecule has 92 valence electrons. The van der Waals surface area contributed by atoms with Gasteiger partial charge in [-0.05, 0) is 12.1 Å². The largest absolute Gasteiger partial charge is 0.506 e. The molecule has 2 aromatic rings. The summed E-state index contributed by atoms with van der Waals surface area (Å²) < 4.78 is 0. The van der Waals surface area contributed by atoms with Crippen molar-refractivity contribution in [2.75, 3.05) is 5.32 Å². The number of hydrogen-bond acceptors (Lipinski definition) is 5. The molecular formula is C12H12N4O2. The topological polar surface area (TPSA) is 90.0 Å². The van der Waals surface area contributed by atoms with Crippen molar-refractivity contribution >= 4 is 11.6 Å². The molecule has 0 radical (unpaired) electrons. The Morgan fingerprint density at radius 2 is 2.11 bits per heavy atom. The lowest BCUT2D eigenvalue weighted by Gasteiger charge is -2.08. The number of anilines is 2. The number of hydrogen-bond donors (Lipinski definition) is 4. The van der Waals surface area contributed by atoms with Gasteiger partial charge in [0.25, 0.3) is 5.56 Å². The molecule has 6 nitrogen and oxygen atoms in total. The zero-order valence-corrected chi connectivity index (χ0v) is 9.53. The molecule has 1 aromatic heterocycles. The number of aromatic nitrogens is 2. The van der Waals surface area contributed by atoms with Crippen molar-refractivity contribution in [2.24, 2.45) is 0 Å². The molecule has 0 aliphatic carbocycles. The molecule has 0 saturated heterocycles. The van der Waals surface area contributed by atoms with Crippen molar-refractivity contribution in [1.82, 2.24) is 15.3 Å². The molecule has 0 atom stereocenters. The van der Waals surface area contributed by atoms with Gasteiger partial charge in [-0.15, -0.1) is 0 Å². The lowest BCUT2D eigenvalue weighted by molar-refractivity contribution is 0.477. The molecule has 1 aromatic carbocycles. The van der Waals surface area contributed by atoms with E-state index in [2.05, 4.69) is 20.6 Å². The van der Waals surface area contributed by atoms with Gasteiger partial charge < -0.3 is 15.7 Å². The van der Waals surface area contributed by atoms with E-state index in [9.17, 15) is 9.90 Å². The molecule has 3 rings (SSSR count). The minimum atomic E-state index is -0.150. The second kappa shape index (κ2) is 4.15. The van der Waals surface area contributed by atoms with Gasteiger partial charge in [-0.3, -0.25) is 9.78 Å². The summed E-state index contributed by atoms with van der Waals surface area (Å²) in [4.78, 5) is 18.7. The van der Waals surface area contributed by atoms with Crippen molar-refractivity contribution in [3.8, 4) is 5.75 Å². The van der Waals surface area contributed by atoms with Crippen LogP contribution in [-0.2, 0) is 13.1 Å². The van der Waals surface area contributed by atoms with Crippen LogP contribution in [0.3, 0.4) is 0 Å². The fraction of sp³-hybridized carbons (Fsp3) is 0.167. The summed E-state index contributed by atoms with van der Waals surface area (Å²) in [5.41, 5.74) is 1.78. The highest BCUT2D eigenvalue weighted by atomic mass is 16.3. The number of aromatic hydroxyl groups is 1. The lowest BCUT2D eigenvalue weighted by atomic mass is 10.3. The van der Waals surface area contributed by atoms with Crippen LogP contribution in [0.4, 0.5) is 11.6 Å². The Morgan fingerprint density at radius 3 is 2.94 bits per heavy atom. The van der Waals surface area contributed by atoms with Crippen LogP contribution in [0.5, 0.6) is 5.75 Å². The molecule has 18 heavy (non-hydrogen) atoms. The quantitative estimate of drug-likeness (QED) is 0.587. The van der Waals surface area contributed by atoms with Gasteiger partial charge in [0, 0.05) is 13.1 Å². The molecular weight excluding hydrogens is 232 g/mol. The van der Waals surface area contributed by atoms with E-state index in [1.165, 1.54) is 0 Å². The average Bonchev–Trinajstić information content (AvgIpc) is 2.81. The number of phenolic OH excluding ortho intramolecular Hbond substituents is 1. The van der Waals surface area contributed by atoms with Gasteiger partial charge in [0.2, 0.25) is 5.95 Å². The molecule has 2 heterocycles. The summed E-state index contributed by atoms with van der Waals surface area (Å²) in [6.45, 7) is 1.14. The minimum Gasteiger partial charge on any atom is -0.506 e. The first-order valence-electron chi connectivity index (χ1n) is 5.62. The minimum absolute atomic E-state index is 0.110. The van der Waals surface area contributed by atoms with Gasteiger partial charge in [0.1, 0.15) is 5.75 Å². The third-order valence-electron chi connectivity index (χ3n) is 2.85. The molecule has 4 N–H and O–H groups in total. The van der Waals surface area contributed by atoms with Crippen LogP contribution in [0.25, 0.3) is 0 Å². The Morgan fingerprint density at radius 1 is 1.28 bits per heavy atom. The Balaban J connectivity index is 1.97. The number of H-pyrrole nitrogens is 1. The fourth-order valence-electron chi connectivity index (χ4n) is 1.94. The zero-order chi connectivity index (χ0) is 12.5. The number of benzene rings is 1. The van der Waals surface area contributed by atoms with E-state index >= 15 is 0 Å². The molecule has 0 fully saturated rings. The normalized spacial score (nSPS) is 13.3. The summed E-state index contributed by atoms with van der Waals surface area (Å²) in [7, 11) is 0. The number of aromatic amines is 1. The molecule has 0 saturated carbocycles. The number of nitrogens with one attached hydrogen (secondary N) is 3. The maximum absolute atomic E-state index is 11.8. The molecule has 1 aliphatic rings. The van der Waals surface area contributed by atoms with Crippen LogP contribution >= 0.6 is 0 Å².